The van der Waals surface area contributed by atoms with E-state index in [4.69, 9.17) is 0 Å². The van der Waals surface area contributed by atoms with Crippen LogP contribution in [0.15, 0.2) is 54.6 Å². The third kappa shape index (κ3) is 3.80. The van der Waals surface area contributed by atoms with Crippen molar-refractivity contribution in [1.82, 2.24) is 15.3 Å². The number of likely N-dealkylation sites (N-methyl/N-ethyl adjacent to an activating group) is 1. The Morgan fingerprint density at radius 1 is 1.07 bits per heavy atom. The standard InChI is InChI=1S/C23H26N4O/c1-26-11-13-27(14-12-26)25-23(28)21-10-9-17(16-24)15-22(21)20-8-4-6-18-5-2-3-7-19(18)20/h2-10,17,21-22H,11-15H2,1H3,(H,25,28). The Kier molecular flexibility index (Phi) is 5.43. The van der Waals surface area contributed by atoms with Crippen molar-refractivity contribution in [3.8, 4) is 6.07 Å². The average molecular weight is 374 g/mol. The Balaban J connectivity index is 1.62. The highest BCUT2D eigenvalue weighted by Gasteiger charge is 2.34. The molecule has 28 heavy (non-hydrogen) atoms. The van der Waals surface area contributed by atoms with Crippen molar-refractivity contribution >= 4 is 16.7 Å². The number of hydrazine groups is 1. The number of benzene rings is 2. The molecule has 1 aliphatic heterocycles. The number of nitrogens with one attached hydrogen (secondary N) is 1. The van der Waals surface area contributed by atoms with Gasteiger partial charge in [-0.3, -0.25) is 10.2 Å². The summed E-state index contributed by atoms with van der Waals surface area (Å²) in [5.41, 5.74) is 4.28. The highest BCUT2D eigenvalue weighted by Crippen LogP contribution is 2.39. The number of nitrogens with zero attached hydrogens (tertiary/aromatic N) is 3. The first-order valence-electron chi connectivity index (χ1n) is 9.95. The number of piperazine rings is 1. The molecule has 3 atom stereocenters. The first-order valence-corrected chi connectivity index (χ1v) is 9.95. The summed E-state index contributed by atoms with van der Waals surface area (Å²) in [5.74, 6) is -0.407. The van der Waals surface area contributed by atoms with Crippen LogP contribution in [-0.2, 0) is 4.79 Å². The van der Waals surface area contributed by atoms with Gasteiger partial charge in [-0.25, -0.2) is 5.01 Å². The molecule has 3 unspecified atom stereocenters. The lowest BCUT2D eigenvalue weighted by Gasteiger charge is -2.35. The summed E-state index contributed by atoms with van der Waals surface area (Å²) in [6, 6.07) is 16.9. The number of nitriles is 1. The zero-order valence-corrected chi connectivity index (χ0v) is 16.2. The molecule has 1 aliphatic carbocycles. The molecule has 144 valence electrons. The molecule has 4 rings (SSSR count). The van der Waals surface area contributed by atoms with E-state index in [9.17, 15) is 10.1 Å². The maximum Gasteiger partial charge on any atom is 0.241 e. The summed E-state index contributed by atoms with van der Waals surface area (Å²) in [4.78, 5) is 15.4. The summed E-state index contributed by atoms with van der Waals surface area (Å²) < 4.78 is 0. The van der Waals surface area contributed by atoms with Crippen molar-refractivity contribution in [2.24, 2.45) is 11.8 Å². The van der Waals surface area contributed by atoms with E-state index >= 15 is 0 Å². The van der Waals surface area contributed by atoms with Gasteiger partial charge in [-0.15, -0.1) is 0 Å². The Bertz CT molecular complexity index is 918. The second-order valence-corrected chi connectivity index (χ2v) is 7.82. The maximum atomic E-state index is 13.2. The summed E-state index contributed by atoms with van der Waals surface area (Å²) in [6.07, 6.45) is 4.51. The van der Waals surface area contributed by atoms with Crippen molar-refractivity contribution in [2.75, 3.05) is 33.2 Å². The molecule has 5 heteroatoms. The van der Waals surface area contributed by atoms with Crippen LogP contribution in [0.3, 0.4) is 0 Å². The van der Waals surface area contributed by atoms with Gasteiger partial charge in [-0.05, 0) is 29.8 Å². The highest BCUT2D eigenvalue weighted by atomic mass is 16.2. The number of carbonyl (C=O) groups excluding carboxylic acids is 1. The lowest BCUT2D eigenvalue weighted by molar-refractivity contribution is -0.130. The predicted octanol–water partition coefficient (Wildman–Crippen LogP) is 2.92. The van der Waals surface area contributed by atoms with E-state index < -0.39 is 0 Å². The van der Waals surface area contributed by atoms with Crippen molar-refractivity contribution < 1.29 is 4.79 Å². The number of amides is 1. The molecule has 0 spiro atoms. The second kappa shape index (κ2) is 8.14. The van der Waals surface area contributed by atoms with Crippen LogP contribution in [0.2, 0.25) is 0 Å². The predicted molar refractivity (Wildman–Crippen MR) is 110 cm³/mol. The van der Waals surface area contributed by atoms with Gasteiger partial charge < -0.3 is 4.90 Å². The van der Waals surface area contributed by atoms with E-state index in [0.717, 1.165) is 31.7 Å². The fraction of sp³-hybridized carbons (Fsp3) is 0.391. The van der Waals surface area contributed by atoms with Gasteiger partial charge in [0.05, 0.1) is 17.9 Å². The van der Waals surface area contributed by atoms with Gasteiger partial charge in [0.2, 0.25) is 5.91 Å². The molecular formula is C23H26N4O. The van der Waals surface area contributed by atoms with E-state index in [1.165, 1.54) is 10.8 Å². The Morgan fingerprint density at radius 3 is 2.61 bits per heavy atom. The van der Waals surface area contributed by atoms with Gasteiger partial charge in [-0.2, -0.15) is 5.26 Å². The molecule has 0 saturated carbocycles. The highest BCUT2D eigenvalue weighted by molar-refractivity contribution is 5.88. The molecule has 0 bridgehead atoms. The average Bonchev–Trinajstić information content (AvgIpc) is 2.74. The van der Waals surface area contributed by atoms with Crippen LogP contribution in [0.1, 0.15) is 17.9 Å². The smallest absolute Gasteiger partial charge is 0.241 e. The summed E-state index contributed by atoms with van der Waals surface area (Å²) in [6.45, 7) is 3.56. The first-order chi connectivity index (χ1) is 13.7. The quantitative estimate of drug-likeness (QED) is 0.840. The van der Waals surface area contributed by atoms with Crippen molar-refractivity contribution in [3.05, 3.63) is 60.2 Å². The molecule has 2 aromatic carbocycles. The summed E-state index contributed by atoms with van der Waals surface area (Å²) in [7, 11) is 2.10. The number of allylic oxidation sites excluding steroid dienone is 1. The molecule has 1 fully saturated rings. The van der Waals surface area contributed by atoms with Gasteiger partial charge >= 0.3 is 0 Å². The minimum Gasteiger partial charge on any atom is -0.304 e. The fourth-order valence-electron chi connectivity index (χ4n) is 4.30. The van der Waals surface area contributed by atoms with Crippen molar-refractivity contribution in [3.63, 3.8) is 0 Å². The van der Waals surface area contributed by atoms with Crippen LogP contribution < -0.4 is 5.43 Å². The number of rotatable bonds is 3. The van der Waals surface area contributed by atoms with Crippen LogP contribution in [0.25, 0.3) is 10.8 Å². The third-order valence-corrected chi connectivity index (χ3v) is 5.96. The Hall–Kier alpha value is -2.68. The van der Waals surface area contributed by atoms with E-state index in [-0.39, 0.29) is 23.7 Å². The monoisotopic (exact) mass is 374 g/mol. The summed E-state index contributed by atoms with van der Waals surface area (Å²) >= 11 is 0. The van der Waals surface area contributed by atoms with Gasteiger partial charge in [0.25, 0.3) is 0 Å². The largest absolute Gasteiger partial charge is 0.304 e. The maximum absolute atomic E-state index is 13.2. The topological polar surface area (TPSA) is 59.4 Å². The van der Waals surface area contributed by atoms with Crippen LogP contribution >= 0.6 is 0 Å². The zero-order valence-electron chi connectivity index (χ0n) is 16.2. The SMILES string of the molecule is CN1CCN(NC(=O)C2C=CC(C#N)CC2c2cccc3ccccc23)CC1. The van der Waals surface area contributed by atoms with Crippen molar-refractivity contribution in [2.45, 2.75) is 12.3 Å². The molecule has 1 heterocycles. The second-order valence-electron chi connectivity index (χ2n) is 7.82. The van der Waals surface area contributed by atoms with E-state index in [1.807, 2.05) is 35.4 Å². The van der Waals surface area contributed by atoms with Gasteiger partial charge in [0.1, 0.15) is 0 Å². The minimum absolute atomic E-state index is 0.00628. The Labute approximate surface area is 166 Å². The van der Waals surface area contributed by atoms with Gasteiger partial charge in [0, 0.05) is 32.1 Å². The first kappa shape index (κ1) is 18.7. The van der Waals surface area contributed by atoms with Crippen LogP contribution in [0.4, 0.5) is 0 Å². The molecule has 1 amide bonds. The van der Waals surface area contributed by atoms with Crippen molar-refractivity contribution in [1.29, 1.82) is 5.26 Å². The fourth-order valence-corrected chi connectivity index (χ4v) is 4.30. The lowest BCUT2D eigenvalue weighted by atomic mass is 9.74. The van der Waals surface area contributed by atoms with Crippen LogP contribution in [-0.4, -0.2) is 49.0 Å². The molecule has 1 saturated heterocycles. The van der Waals surface area contributed by atoms with E-state index in [2.05, 4.69) is 47.7 Å². The lowest BCUT2D eigenvalue weighted by Crippen LogP contribution is -2.54. The number of carbonyl (C=O) groups is 1. The molecule has 5 nitrogen and oxygen atoms in total. The third-order valence-electron chi connectivity index (χ3n) is 5.96. The van der Waals surface area contributed by atoms with Gasteiger partial charge in [-0.1, -0.05) is 54.6 Å². The minimum atomic E-state index is -0.268. The molecular weight excluding hydrogens is 348 g/mol. The number of hydrogen-bond donors (Lipinski definition) is 1. The van der Waals surface area contributed by atoms with E-state index in [1.54, 1.807) is 0 Å². The van der Waals surface area contributed by atoms with E-state index in [0.29, 0.717) is 6.42 Å². The summed E-state index contributed by atoms with van der Waals surface area (Å²) in [5, 5.41) is 13.8. The molecule has 1 N–H and O–H groups in total. The van der Waals surface area contributed by atoms with Crippen LogP contribution in [0.5, 0.6) is 0 Å². The molecule has 0 aromatic heterocycles. The van der Waals surface area contributed by atoms with Gasteiger partial charge in [0.15, 0.2) is 0 Å². The van der Waals surface area contributed by atoms with Crippen LogP contribution in [0, 0.1) is 23.2 Å². The molecule has 2 aromatic rings. The zero-order chi connectivity index (χ0) is 19.5. The molecule has 2 aliphatic rings. The molecule has 0 radical (unpaired) electrons. The number of hydrogen-bond acceptors (Lipinski definition) is 4. The number of fused-ring (bicyclic) bond motifs is 1. The Morgan fingerprint density at radius 2 is 1.82 bits per heavy atom. The normalized spacial score (nSPS) is 26.1.